The minimum atomic E-state index is -0.113. The molecule has 0 aliphatic heterocycles. The molecule has 0 fully saturated rings. The van der Waals surface area contributed by atoms with Gasteiger partial charge in [-0.15, -0.1) is 0 Å². The van der Waals surface area contributed by atoms with Gasteiger partial charge in [-0.05, 0) is 55.6 Å². The summed E-state index contributed by atoms with van der Waals surface area (Å²) in [4.78, 5) is 0. The van der Waals surface area contributed by atoms with E-state index in [4.69, 9.17) is 0 Å². The van der Waals surface area contributed by atoms with Gasteiger partial charge in [0, 0.05) is 6.04 Å². The van der Waals surface area contributed by atoms with Gasteiger partial charge in [-0.1, -0.05) is 0 Å². The summed E-state index contributed by atoms with van der Waals surface area (Å²) in [5.74, 6) is -0.113. The molecule has 1 unspecified atom stereocenters. The molecule has 1 N–H and O–H groups in total. The standard InChI is InChI=1S/C11H14FN/c1-7-5-8(12)6-10-9(7)3-4-11(10)13-2/h5-6,11,13H,3-4H2,1-2H3. The third kappa shape index (κ3) is 1.35. The van der Waals surface area contributed by atoms with Crippen molar-refractivity contribution in [2.75, 3.05) is 7.05 Å². The Morgan fingerprint density at radius 3 is 2.92 bits per heavy atom. The highest BCUT2D eigenvalue weighted by Crippen LogP contribution is 2.33. The minimum Gasteiger partial charge on any atom is -0.313 e. The van der Waals surface area contributed by atoms with Crippen LogP contribution in [0.4, 0.5) is 4.39 Å². The Kier molecular flexibility index (Phi) is 2.08. The lowest BCUT2D eigenvalue weighted by molar-refractivity contribution is 0.581. The largest absolute Gasteiger partial charge is 0.313 e. The maximum absolute atomic E-state index is 13.1. The van der Waals surface area contributed by atoms with Gasteiger partial charge in [-0.3, -0.25) is 0 Å². The average Bonchev–Trinajstić information content (AvgIpc) is 2.47. The van der Waals surface area contributed by atoms with Crippen LogP contribution in [0.15, 0.2) is 12.1 Å². The molecule has 1 nitrogen and oxygen atoms in total. The Morgan fingerprint density at radius 2 is 2.23 bits per heavy atom. The summed E-state index contributed by atoms with van der Waals surface area (Å²) in [6.07, 6.45) is 2.17. The molecule has 0 amide bonds. The monoisotopic (exact) mass is 179 g/mol. The molecular weight excluding hydrogens is 165 g/mol. The highest BCUT2D eigenvalue weighted by molar-refractivity contribution is 5.40. The van der Waals surface area contributed by atoms with Crippen LogP contribution < -0.4 is 5.32 Å². The van der Waals surface area contributed by atoms with E-state index in [9.17, 15) is 4.39 Å². The third-order valence-electron chi connectivity index (χ3n) is 2.88. The molecule has 1 aromatic rings. The van der Waals surface area contributed by atoms with Gasteiger partial charge >= 0.3 is 0 Å². The topological polar surface area (TPSA) is 12.0 Å². The summed E-state index contributed by atoms with van der Waals surface area (Å²) in [6.45, 7) is 1.99. The van der Waals surface area contributed by atoms with Crippen LogP contribution >= 0.6 is 0 Å². The Morgan fingerprint density at radius 1 is 1.46 bits per heavy atom. The molecule has 0 aromatic heterocycles. The Hall–Kier alpha value is -0.890. The number of hydrogen-bond donors (Lipinski definition) is 1. The predicted molar refractivity (Wildman–Crippen MR) is 51.3 cm³/mol. The van der Waals surface area contributed by atoms with Crippen molar-refractivity contribution in [2.45, 2.75) is 25.8 Å². The molecule has 13 heavy (non-hydrogen) atoms. The van der Waals surface area contributed by atoms with Crippen LogP contribution in [0.2, 0.25) is 0 Å². The van der Waals surface area contributed by atoms with E-state index in [1.807, 2.05) is 14.0 Å². The van der Waals surface area contributed by atoms with E-state index < -0.39 is 0 Å². The van der Waals surface area contributed by atoms with Gasteiger partial charge in [0.2, 0.25) is 0 Å². The number of halogens is 1. The summed E-state index contributed by atoms with van der Waals surface area (Å²) in [5, 5.41) is 3.21. The first-order chi connectivity index (χ1) is 6.22. The first kappa shape index (κ1) is 8.70. The van der Waals surface area contributed by atoms with Crippen molar-refractivity contribution in [3.8, 4) is 0 Å². The van der Waals surface area contributed by atoms with Crippen LogP contribution in [-0.2, 0) is 6.42 Å². The lowest BCUT2D eigenvalue weighted by Crippen LogP contribution is -2.13. The van der Waals surface area contributed by atoms with Gasteiger partial charge in [0.15, 0.2) is 0 Å². The van der Waals surface area contributed by atoms with E-state index in [1.54, 1.807) is 12.1 Å². The van der Waals surface area contributed by atoms with Gasteiger partial charge in [-0.25, -0.2) is 4.39 Å². The second-order valence-electron chi connectivity index (χ2n) is 3.67. The fraction of sp³-hybridized carbons (Fsp3) is 0.455. The highest BCUT2D eigenvalue weighted by Gasteiger charge is 2.22. The fourth-order valence-electron chi connectivity index (χ4n) is 2.20. The van der Waals surface area contributed by atoms with Crippen LogP contribution in [0.5, 0.6) is 0 Å². The van der Waals surface area contributed by atoms with Crippen LogP contribution in [0.1, 0.15) is 29.2 Å². The molecule has 0 spiro atoms. The van der Waals surface area contributed by atoms with Gasteiger partial charge in [0.05, 0.1) is 0 Å². The zero-order chi connectivity index (χ0) is 9.42. The van der Waals surface area contributed by atoms with Crippen LogP contribution in [0.3, 0.4) is 0 Å². The number of rotatable bonds is 1. The molecule has 0 radical (unpaired) electrons. The Bertz CT molecular complexity index is 333. The average molecular weight is 179 g/mol. The van der Waals surface area contributed by atoms with Crippen molar-refractivity contribution < 1.29 is 4.39 Å². The maximum Gasteiger partial charge on any atom is 0.123 e. The summed E-state index contributed by atoms with van der Waals surface area (Å²) in [7, 11) is 1.93. The highest BCUT2D eigenvalue weighted by atomic mass is 19.1. The van der Waals surface area contributed by atoms with Crippen molar-refractivity contribution in [1.29, 1.82) is 0 Å². The molecule has 70 valence electrons. The second kappa shape index (κ2) is 3.11. The number of aryl methyl sites for hydroxylation is 1. The number of benzene rings is 1. The summed E-state index contributed by atoms with van der Waals surface area (Å²) >= 11 is 0. The van der Waals surface area contributed by atoms with Gasteiger partial charge in [-0.2, -0.15) is 0 Å². The Balaban J connectivity index is 2.51. The SMILES string of the molecule is CNC1CCc2c(C)cc(F)cc21. The van der Waals surface area contributed by atoms with E-state index in [1.165, 1.54) is 5.56 Å². The second-order valence-corrected chi connectivity index (χ2v) is 3.67. The summed E-state index contributed by atoms with van der Waals surface area (Å²) in [6, 6.07) is 3.64. The van der Waals surface area contributed by atoms with Gasteiger partial charge in [0.1, 0.15) is 5.82 Å². The lowest BCUT2D eigenvalue weighted by atomic mass is 10.0. The molecule has 0 bridgehead atoms. The van der Waals surface area contributed by atoms with Crippen molar-refractivity contribution in [1.82, 2.24) is 5.32 Å². The fourth-order valence-corrected chi connectivity index (χ4v) is 2.20. The molecule has 2 heteroatoms. The van der Waals surface area contributed by atoms with E-state index in [2.05, 4.69) is 5.32 Å². The molecule has 1 aromatic carbocycles. The normalized spacial score (nSPS) is 20.4. The lowest BCUT2D eigenvalue weighted by Gasteiger charge is -2.10. The molecule has 1 aliphatic rings. The molecule has 0 saturated carbocycles. The van der Waals surface area contributed by atoms with Crippen molar-refractivity contribution in [3.05, 3.63) is 34.6 Å². The maximum atomic E-state index is 13.1. The minimum absolute atomic E-state index is 0.113. The molecule has 0 heterocycles. The Labute approximate surface area is 78.0 Å². The molecule has 1 atom stereocenters. The van der Waals surface area contributed by atoms with Crippen molar-refractivity contribution >= 4 is 0 Å². The summed E-state index contributed by atoms with van der Waals surface area (Å²) < 4.78 is 13.1. The first-order valence-corrected chi connectivity index (χ1v) is 4.68. The zero-order valence-corrected chi connectivity index (χ0v) is 8.02. The molecule has 1 aliphatic carbocycles. The first-order valence-electron chi connectivity index (χ1n) is 4.68. The number of fused-ring (bicyclic) bond motifs is 1. The summed E-state index contributed by atoms with van der Waals surface area (Å²) in [5.41, 5.74) is 3.58. The van der Waals surface area contributed by atoms with E-state index in [-0.39, 0.29) is 5.82 Å². The van der Waals surface area contributed by atoms with Crippen molar-refractivity contribution in [2.24, 2.45) is 0 Å². The van der Waals surface area contributed by atoms with Crippen LogP contribution in [0.25, 0.3) is 0 Å². The predicted octanol–water partition coefficient (Wildman–Crippen LogP) is 2.34. The number of nitrogens with one attached hydrogen (secondary N) is 1. The molecule has 2 rings (SSSR count). The quantitative estimate of drug-likeness (QED) is 0.697. The van der Waals surface area contributed by atoms with E-state index in [0.29, 0.717) is 6.04 Å². The molecule has 0 saturated heterocycles. The third-order valence-corrected chi connectivity index (χ3v) is 2.88. The van der Waals surface area contributed by atoms with Crippen LogP contribution in [-0.4, -0.2) is 7.05 Å². The van der Waals surface area contributed by atoms with E-state index >= 15 is 0 Å². The van der Waals surface area contributed by atoms with Gasteiger partial charge in [0.25, 0.3) is 0 Å². The zero-order valence-electron chi connectivity index (χ0n) is 8.02. The van der Waals surface area contributed by atoms with E-state index in [0.717, 1.165) is 24.0 Å². The van der Waals surface area contributed by atoms with Crippen molar-refractivity contribution in [3.63, 3.8) is 0 Å². The molecular formula is C11H14FN. The van der Waals surface area contributed by atoms with Gasteiger partial charge < -0.3 is 5.32 Å². The van der Waals surface area contributed by atoms with Crippen LogP contribution in [0, 0.1) is 12.7 Å². The number of hydrogen-bond acceptors (Lipinski definition) is 1. The smallest absolute Gasteiger partial charge is 0.123 e.